The first-order valence-electron chi connectivity index (χ1n) is 5.65. The molecule has 1 saturated carbocycles. The van der Waals surface area contributed by atoms with Crippen LogP contribution in [0, 0.1) is 11.3 Å². The van der Waals surface area contributed by atoms with E-state index >= 15 is 0 Å². The van der Waals surface area contributed by atoms with Gasteiger partial charge >= 0.3 is 0 Å². The van der Waals surface area contributed by atoms with Crippen LogP contribution >= 0.6 is 15.9 Å². The molecule has 1 aromatic rings. The summed E-state index contributed by atoms with van der Waals surface area (Å²) in [7, 11) is 0. The predicted molar refractivity (Wildman–Crippen MR) is 68.1 cm³/mol. The smallest absolute Gasteiger partial charge is 0.0635 e. The average molecular weight is 279 g/mol. The molecule has 1 fully saturated rings. The van der Waals surface area contributed by atoms with Crippen molar-refractivity contribution in [2.75, 3.05) is 6.54 Å². The van der Waals surface area contributed by atoms with Crippen LogP contribution in [0.25, 0.3) is 0 Å². The van der Waals surface area contributed by atoms with Crippen LogP contribution in [0.1, 0.15) is 30.7 Å². The molecule has 1 N–H and O–H groups in total. The predicted octanol–water partition coefficient (Wildman–Crippen LogP) is 3.20. The lowest BCUT2D eigenvalue weighted by molar-refractivity contribution is 0.293. The minimum Gasteiger partial charge on any atom is -0.313 e. The number of nitrogens with zero attached hydrogens (tertiary/aromatic N) is 1. The SMILES string of the molecule is N#CCCNC1CC(c2ccc(Br)cc2)C1. The van der Waals surface area contributed by atoms with Gasteiger partial charge in [-0.15, -0.1) is 0 Å². The molecule has 2 nitrogen and oxygen atoms in total. The Bertz CT molecular complexity index is 374. The molecule has 0 bridgehead atoms. The monoisotopic (exact) mass is 278 g/mol. The third kappa shape index (κ3) is 2.84. The van der Waals surface area contributed by atoms with Gasteiger partial charge in [-0.05, 0) is 36.5 Å². The van der Waals surface area contributed by atoms with Gasteiger partial charge in [0.05, 0.1) is 6.07 Å². The number of benzene rings is 1. The molecule has 16 heavy (non-hydrogen) atoms. The van der Waals surface area contributed by atoms with Crippen molar-refractivity contribution in [1.82, 2.24) is 5.32 Å². The summed E-state index contributed by atoms with van der Waals surface area (Å²) in [6, 6.07) is 11.4. The highest BCUT2D eigenvalue weighted by Gasteiger charge is 2.29. The van der Waals surface area contributed by atoms with E-state index < -0.39 is 0 Å². The van der Waals surface area contributed by atoms with Gasteiger partial charge in [0.25, 0.3) is 0 Å². The van der Waals surface area contributed by atoms with Gasteiger partial charge < -0.3 is 5.32 Å². The maximum absolute atomic E-state index is 8.43. The summed E-state index contributed by atoms with van der Waals surface area (Å²) in [5.41, 5.74) is 1.43. The Kier molecular flexibility index (Phi) is 3.98. The van der Waals surface area contributed by atoms with Crippen LogP contribution < -0.4 is 5.32 Å². The van der Waals surface area contributed by atoms with Crippen molar-refractivity contribution in [2.45, 2.75) is 31.2 Å². The Hall–Kier alpha value is -0.850. The molecular formula is C13H15BrN2. The summed E-state index contributed by atoms with van der Waals surface area (Å²) in [4.78, 5) is 0. The molecule has 3 heteroatoms. The molecule has 0 atom stereocenters. The lowest BCUT2D eigenvalue weighted by atomic mass is 9.76. The van der Waals surface area contributed by atoms with Crippen molar-refractivity contribution < 1.29 is 0 Å². The van der Waals surface area contributed by atoms with Gasteiger partial charge in [-0.3, -0.25) is 0 Å². The Morgan fingerprint density at radius 1 is 1.31 bits per heavy atom. The first kappa shape index (κ1) is 11.6. The van der Waals surface area contributed by atoms with E-state index in [2.05, 4.69) is 51.6 Å². The van der Waals surface area contributed by atoms with Gasteiger partial charge in [0.2, 0.25) is 0 Å². The zero-order valence-electron chi connectivity index (χ0n) is 9.12. The van der Waals surface area contributed by atoms with Gasteiger partial charge in [0, 0.05) is 23.5 Å². The van der Waals surface area contributed by atoms with Crippen LogP contribution in [0.15, 0.2) is 28.7 Å². The van der Waals surface area contributed by atoms with Crippen LogP contribution in [-0.2, 0) is 0 Å². The van der Waals surface area contributed by atoms with Gasteiger partial charge in [-0.1, -0.05) is 28.1 Å². The van der Waals surface area contributed by atoms with Crippen molar-refractivity contribution in [1.29, 1.82) is 5.26 Å². The highest BCUT2D eigenvalue weighted by atomic mass is 79.9. The van der Waals surface area contributed by atoms with Gasteiger partial charge in [-0.2, -0.15) is 5.26 Å². The van der Waals surface area contributed by atoms with Crippen LogP contribution in [-0.4, -0.2) is 12.6 Å². The normalized spacial score (nSPS) is 23.5. The zero-order valence-corrected chi connectivity index (χ0v) is 10.7. The van der Waals surface area contributed by atoms with E-state index in [1.54, 1.807) is 0 Å². The number of nitriles is 1. The Morgan fingerprint density at radius 2 is 2.00 bits per heavy atom. The fourth-order valence-corrected chi connectivity index (χ4v) is 2.39. The summed E-state index contributed by atoms with van der Waals surface area (Å²) in [6.45, 7) is 0.828. The largest absolute Gasteiger partial charge is 0.313 e. The third-order valence-corrected chi connectivity index (χ3v) is 3.68. The molecule has 1 aliphatic carbocycles. The van der Waals surface area contributed by atoms with E-state index in [1.807, 2.05) is 0 Å². The minimum absolute atomic E-state index is 0.611. The highest BCUT2D eigenvalue weighted by Crippen LogP contribution is 2.37. The molecule has 0 heterocycles. The summed E-state index contributed by atoms with van der Waals surface area (Å²) in [5.74, 6) is 0.702. The fraction of sp³-hybridized carbons (Fsp3) is 0.462. The number of hydrogen-bond acceptors (Lipinski definition) is 2. The molecule has 2 rings (SSSR count). The molecule has 0 spiro atoms. The zero-order chi connectivity index (χ0) is 11.4. The summed E-state index contributed by atoms with van der Waals surface area (Å²) in [6.07, 6.45) is 3.01. The average Bonchev–Trinajstić information content (AvgIpc) is 2.23. The number of nitrogens with one attached hydrogen (secondary N) is 1. The summed E-state index contributed by atoms with van der Waals surface area (Å²) < 4.78 is 1.14. The van der Waals surface area contributed by atoms with Crippen LogP contribution in [0.3, 0.4) is 0 Å². The second-order valence-electron chi connectivity index (χ2n) is 4.28. The fourth-order valence-electron chi connectivity index (χ4n) is 2.12. The standard InChI is InChI=1S/C13H15BrN2/c14-12-4-2-10(3-5-12)11-8-13(9-11)16-7-1-6-15/h2-5,11,13,16H,1,7-9H2. The molecular weight excluding hydrogens is 264 g/mol. The topological polar surface area (TPSA) is 35.8 Å². The molecule has 0 radical (unpaired) electrons. The van der Waals surface area contributed by atoms with E-state index in [0.29, 0.717) is 18.4 Å². The van der Waals surface area contributed by atoms with E-state index in [-0.39, 0.29) is 0 Å². The van der Waals surface area contributed by atoms with Crippen LogP contribution in [0.4, 0.5) is 0 Å². The second kappa shape index (κ2) is 5.47. The number of halogens is 1. The first-order valence-corrected chi connectivity index (χ1v) is 6.44. The first-order chi connectivity index (χ1) is 7.79. The molecule has 1 aromatic carbocycles. The van der Waals surface area contributed by atoms with E-state index in [1.165, 1.54) is 18.4 Å². The van der Waals surface area contributed by atoms with Crippen molar-refractivity contribution >= 4 is 15.9 Å². The quantitative estimate of drug-likeness (QED) is 0.859. The lowest BCUT2D eigenvalue weighted by Gasteiger charge is -2.36. The lowest BCUT2D eigenvalue weighted by Crippen LogP contribution is -2.40. The van der Waals surface area contributed by atoms with E-state index in [4.69, 9.17) is 5.26 Å². The Labute approximate surface area is 105 Å². The number of rotatable bonds is 4. The number of hydrogen-bond donors (Lipinski definition) is 1. The Balaban J connectivity index is 1.76. The van der Waals surface area contributed by atoms with Crippen molar-refractivity contribution in [2.24, 2.45) is 0 Å². The minimum atomic E-state index is 0.611. The molecule has 84 valence electrons. The van der Waals surface area contributed by atoms with Gasteiger partial charge in [-0.25, -0.2) is 0 Å². The van der Waals surface area contributed by atoms with Crippen molar-refractivity contribution in [3.05, 3.63) is 34.3 Å². The van der Waals surface area contributed by atoms with E-state index in [9.17, 15) is 0 Å². The van der Waals surface area contributed by atoms with Gasteiger partial charge in [0.1, 0.15) is 0 Å². The maximum Gasteiger partial charge on any atom is 0.0635 e. The van der Waals surface area contributed by atoms with Crippen molar-refractivity contribution in [3.8, 4) is 6.07 Å². The summed E-state index contributed by atoms with van der Waals surface area (Å²) in [5, 5.41) is 11.8. The molecule has 0 saturated heterocycles. The van der Waals surface area contributed by atoms with Gasteiger partial charge in [0.15, 0.2) is 0 Å². The van der Waals surface area contributed by atoms with Crippen molar-refractivity contribution in [3.63, 3.8) is 0 Å². The molecule has 0 aromatic heterocycles. The van der Waals surface area contributed by atoms with Crippen LogP contribution in [0.2, 0.25) is 0 Å². The molecule has 0 unspecified atom stereocenters. The van der Waals surface area contributed by atoms with Crippen LogP contribution in [0.5, 0.6) is 0 Å². The highest BCUT2D eigenvalue weighted by molar-refractivity contribution is 9.10. The van der Waals surface area contributed by atoms with E-state index in [0.717, 1.165) is 11.0 Å². The Morgan fingerprint density at radius 3 is 2.62 bits per heavy atom. The third-order valence-electron chi connectivity index (χ3n) is 3.15. The summed E-state index contributed by atoms with van der Waals surface area (Å²) >= 11 is 3.45. The molecule has 0 aliphatic heterocycles. The second-order valence-corrected chi connectivity index (χ2v) is 5.19. The maximum atomic E-state index is 8.43. The molecule has 1 aliphatic rings. The molecule has 0 amide bonds.